The van der Waals surface area contributed by atoms with Gasteiger partial charge in [0.15, 0.2) is 0 Å². The van der Waals surface area contributed by atoms with Crippen LogP contribution in [0.3, 0.4) is 0 Å². The van der Waals surface area contributed by atoms with E-state index in [4.69, 9.17) is 23.2 Å². The Bertz CT molecular complexity index is 908. The minimum absolute atomic E-state index is 0.0488. The molecule has 0 aliphatic heterocycles. The molecular formula is C19H22Cl2N2O3S2. The van der Waals surface area contributed by atoms with Crippen LogP contribution in [0.4, 0.5) is 0 Å². The lowest BCUT2D eigenvalue weighted by atomic mass is 10.2. The van der Waals surface area contributed by atoms with Gasteiger partial charge < -0.3 is 5.32 Å². The summed E-state index contributed by atoms with van der Waals surface area (Å²) in [4.78, 5) is 12.2. The molecular weight excluding hydrogens is 439 g/mol. The Morgan fingerprint density at radius 2 is 1.61 bits per heavy atom. The number of benzene rings is 2. The highest BCUT2D eigenvalue weighted by Gasteiger charge is 2.21. The number of halogens is 2. The van der Waals surface area contributed by atoms with Crippen molar-refractivity contribution in [3.63, 3.8) is 0 Å². The molecule has 0 heterocycles. The minimum Gasteiger partial charge on any atom is -0.354 e. The molecule has 0 unspecified atom stereocenters. The van der Waals surface area contributed by atoms with Crippen molar-refractivity contribution in [2.45, 2.75) is 12.3 Å². The first-order valence-corrected chi connectivity index (χ1v) is 12.3. The summed E-state index contributed by atoms with van der Waals surface area (Å²) in [6.45, 7) is 0.240. The van der Waals surface area contributed by atoms with Gasteiger partial charge in [-0.25, -0.2) is 8.42 Å². The third-order valence-corrected chi connectivity index (χ3v) is 6.82. The molecule has 152 valence electrons. The summed E-state index contributed by atoms with van der Waals surface area (Å²) < 4.78 is 25.2. The first-order valence-electron chi connectivity index (χ1n) is 8.53. The first kappa shape index (κ1) is 23.0. The van der Waals surface area contributed by atoms with Crippen LogP contribution in [0.1, 0.15) is 11.1 Å². The number of hydrogen-bond acceptors (Lipinski definition) is 4. The predicted octanol–water partition coefficient (Wildman–Crippen LogP) is 3.80. The molecule has 0 aromatic heterocycles. The number of sulfonamides is 1. The summed E-state index contributed by atoms with van der Waals surface area (Å²) in [6, 6.07) is 14.6. The molecule has 0 aliphatic rings. The Hall–Kier alpha value is -1.25. The Morgan fingerprint density at radius 3 is 2.18 bits per heavy atom. The number of nitrogens with one attached hydrogen (secondary N) is 1. The van der Waals surface area contributed by atoms with E-state index in [1.165, 1.54) is 0 Å². The lowest BCUT2D eigenvalue weighted by Crippen LogP contribution is -2.40. The fraction of sp³-hybridized carbons (Fsp3) is 0.316. The standard InChI is InChI=1S/C19H22Cl2N2O3S2/c1-28(25,26)23(12-15-6-2-4-8-17(15)20)13-19(24)22-10-11-27-14-16-7-3-5-9-18(16)21/h2-9H,10-14H2,1H3,(H,22,24). The topological polar surface area (TPSA) is 66.5 Å². The van der Waals surface area contributed by atoms with Crippen molar-refractivity contribution in [1.82, 2.24) is 9.62 Å². The van der Waals surface area contributed by atoms with E-state index < -0.39 is 10.0 Å². The summed E-state index contributed by atoms with van der Waals surface area (Å²) in [5.74, 6) is 1.09. The van der Waals surface area contributed by atoms with E-state index in [0.29, 0.717) is 22.9 Å². The van der Waals surface area contributed by atoms with Crippen molar-refractivity contribution in [3.8, 4) is 0 Å². The molecule has 0 atom stereocenters. The van der Waals surface area contributed by atoms with Gasteiger partial charge in [-0.15, -0.1) is 0 Å². The number of hydrogen-bond donors (Lipinski definition) is 1. The Balaban J connectivity index is 1.80. The van der Waals surface area contributed by atoms with Crippen LogP contribution in [0.25, 0.3) is 0 Å². The van der Waals surface area contributed by atoms with Crippen molar-refractivity contribution in [2.24, 2.45) is 0 Å². The fourth-order valence-electron chi connectivity index (χ4n) is 2.38. The van der Waals surface area contributed by atoms with Gasteiger partial charge in [-0.2, -0.15) is 16.1 Å². The summed E-state index contributed by atoms with van der Waals surface area (Å²) >= 11 is 13.9. The van der Waals surface area contributed by atoms with Crippen molar-refractivity contribution in [2.75, 3.05) is 25.1 Å². The molecule has 0 saturated heterocycles. The van der Waals surface area contributed by atoms with Crippen molar-refractivity contribution >= 4 is 50.9 Å². The second-order valence-electron chi connectivity index (χ2n) is 6.12. The highest BCUT2D eigenvalue weighted by Crippen LogP contribution is 2.20. The van der Waals surface area contributed by atoms with Gasteiger partial charge in [-0.3, -0.25) is 4.79 Å². The van der Waals surface area contributed by atoms with Crippen LogP contribution in [0.5, 0.6) is 0 Å². The summed E-state index contributed by atoms with van der Waals surface area (Å²) in [6.07, 6.45) is 1.08. The monoisotopic (exact) mass is 460 g/mol. The molecule has 2 aromatic carbocycles. The molecule has 0 saturated carbocycles. The van der Waals surface area contributed by atoms with Crippen LogP contribution < -0.4 is 5.32 Å². The number of thioether (sulfide) groups is 1. The van der Waals surface area contributed by atoms with Crippen LogP contribution in [-0.2, 0) is 27.1 Å². The van der Waals surface area contributed by atoms with E-state index in [1.54, 1.807) is 36.0 Å². The van der Waals surface area contributed by atoms with Crippen LogP contribution in [0, 0.1) is 0 Å². The summed E-state index contributed by atoms with van der Waals surface area (Å²) in [5.41, 5.74) is 1.70. The normalized spacial score (nSPS) is 11.6. The predicted molar refractivity (Wildman–Crippen MR) is 117 cm³/mol. The van der Waals surface area contributed by atoms with E-state index in [-0.39, 0.29) is 19.0 Å². The van der Waals surface area contributed by atoms with E-state index >= 15 is 0 Å². The van der Waals surface area contributed by atoms with Gasteiger partial charge in [0.05, 0.1) is 12.8 Å². The maximum absolute atomic E-state index is 12.2. The van der Waals surface area contributed by atoms with Gasteiger partial charge >= 0.3 is 0 Å². The molecule has 1 amide bonds. The molecule has 5 nitrogen and oxygen atoms in total. The second kappa shape index (κ2) is 11.1. The molecule has 9 heteroatoms. The second-order valence-corrected chi connectivity index (χ2v) is 10.0. The largest absolute Gasteiger partial charge is 0.354 e. The first-order chi connectivity index (χ1) is 13.3. The van der Waals surface area contributed by atoms with Gasteiger partial charge in [0.2, 0.25) is 15.9 Å². The van der Waals surface area contributed by atoms with Crippen molar-refractivity contribution < 1.29 is 13.2 Å². The minimum atomic E-state index is -3.56. The lowest BCUT2D eigenvalue weighted by Gasteiger charge is -2.20. The highest BCUT2D eigenvalue weighted by molar-refractivity contribution is 7.98. The molecule has 0 bridgehead atoms. The van der Waals surface area contributed by atoms with Gasteiger partial charge in [-0.05, 0) is 23.3 Å². The van der Waals surface area contributed by atoms with Gasteiger partial charge in [0.25, 0.3) is 0 Å². The van der Waals surface area contributed by atoms with Crippen molar-refractivity contribution in [1.29, 1.82) is 0 Å². The van der Waals surface area contributed by atoms with E-state index in [1.807, 2.05) is 24.3 Å². The van der Waals surface area contributed by atoms with Gasteiger partial charge in [-0.1, -0.05) is 59.6 Å². The van der Waals surface area contributed by atoms with E-state index in [0.717, 1.165) is 26.9 Å². The SMILES string of the molecule is CS(=O)(=O)N(CC(=O)NCCSCc1ccccc1Cl)Cc1ccccc1Cl. The molecule has 0 radical (unpaired) electrons. The molecule has 28 heavy (non-hydrogen) atoms. The highest BCUT2D eigenvalue weighted by atomic mass is 35.5. The van der Waals surface area contributed by atoms with Crippen molar-refractivity contribution in [3.05, 3.63) is 69.7 Å². The Morgan fingerprint density at radius 1 is 1.04 bits per heavy atom. The molecule has 2 aromatic rings. The average Bonchev–Trinajstić information content (AvgIpc) is 2.63. The van der Waals surface area contributed by atoms with Gasteiger partial charge in [0, 0.05) is 34.6 Å². The maximum Gasteiger partial charge on any atom is 0.235 e. The zero-order valence-corrected chi connectivity index (χ0v) is 18.5. The number of carbonyl (C=O) groups excluding carboxylic acids is 1. The third-order valence-electron chi connectivity index (χ3n) is 3.88. The van der Waals surface area contributed by atoms with Gasteiger partial charge in [0.1, 0.15) is 0 Å². The zero-order chi connectivity index (χ0) is 20.6. The average molecular weight is 461 g/mol. The molecule has 2 rings (SSSR count). The van der Waals surface area contributed by atoms with Crippen LogP contribution in [0.15, 0.2) is 48.5 Å². The molecule has 0 aliphatic carbocycles. The van der Waals surface area contributed by atoms with E-state index in [9.17, 15) is 13.2 Å². The summed E-state index contributed by atoms with van der Waals surface area (Å²) in [5, 5.41) is 3.94. The van der Waals surface area contributed by atoms with Crippen LogP contribution in [0.2, 0.25) is 10.0 Å². The maximum atomic E-state index is 12.2. The van der Waals surface area contributed by atoms with Crippen LogP contribution in [-0.4, -0.2) is 43.7 Å². The molecule has 0 fully saturated rings. The number of nitrogens with zero attached hydrogens (tertiary/aromatic N) is 1. The van der Waals surface area contributed by atoms with Crippen LogP contribution >= 0.6 is 35.0 Å². The quantitative estimate of drug-likeness (QED) is 0.547. The third kappa shape index (κ3) is 7.64. The molecule has 1 N–H and O–H groups in total. The molecule has 0 spiro atoms. The Labute approximate surface area is 180 Å². The number of amides is 1. The number of rotatable bonds is 10. The smallest absolute Gasteiger partial charge is 0.235 e. The number of carbonyl (C=O) groups is 1. The Kier molecular flexibility index (Phi) is 9.11. The zero-order valence-electron chi connectivity index (χ0n) is 15.4. The fourth-order valence-corrected chi connectivity index (χ4v) is 4.45. The summed E-state index contributed by atoms with van der Waals surface area (Å²) in [7, 11) is -3.56. The lowest BCUT2D eigenvalue weighted by molar-refractivity contribution is -0.121. The van der Waals surface area contributed by atoms with E-state index in [2.05, 4.69) is 5.32 Å².